The summed E-state index contributed by atoms with van der Waals surface area (Å²) in [4.78, 5) is 2.20. The molecule has 0 amide bonds. The van der Waals surface area contributed by atoms with Crippen molar-refractivity contribution in [1.29, 1.82) is 0 Å². The highest BCUT2D eigenvalue weighted by Gasteiger charge is 2.09. The van der Waals surface area contributed by atoms with Crippen molar-refractivity contribution in [2.75, 3.05) is 27.7 Å². The Morgan fingerprint density at radius 1 is 1.53 bits per heavy atom. The Kier molecular flexibility index (Phi) is 4.78. The van der Waals surface area contributed by atoms with Gasteiger partial charge >= 0.3 is 0 Å². The zero-order chi connectivity index (χ0) is 11.3. The molecule has 1 unspecified atom stereocenters. The maximum atomic E-state index is 4.28. The summed E-state index contributed by atoms with van der Waals surface area (Å²) < 4.78 is 1.97. The molecule has 1 N–H and O–H groups in total. The lowest BCUT2D eigenvalue weighted by molar-refractivity contribution is 0.346. The number of aryl methyl sites for hydroxylation is 1. The molecule has 0 bridgehead atoms. The van der Waals surface area contributed by atoms with Gasteiger partial charge in [-0.3, -0.25) is 4.68 Å². The van der Waals surface area contributed by atoms with E-state index < -0.39 is 0 Å². The molecule has 1 heterocycles. The smallest absolute Gasteiger partial charge is 0.0522 e. The molecule has 0 aliphatic rings. The van der Waals surface area contributed by atoms with Crippen molar-refractivity contribution in [3.8, 4) is 0 Å². The minimum absolute atomic E-state index is 0.495. The van der Waals surface area contributed by atoms with E-state index in [0.717, 1.165) is 19.5 Å². The van der Waals surface area contributed by atoms with Crippen molar-refractivity contribution in [2.45, 2.75) is 25.9 Å². The fourth-order valence-electron chi connectivity index (χ4n) is 1.67. The molecule has 0 radical (unpaired) electrons. The number of hydrogen-bond acceptors (Lipinski definition) is 3. The van der Waals surface area contributed by atoms with Gasteiger partial charge in [-0.15, -0.1) is 0 Å². The summed E-state index contributed by atoms with van der Waals surface area (Å²) in [6.07, 6.45) is 5.12. The first kappa shape index (κ1) is 12.2. The van der Waals surface area contributed by atoms with Gasteiger partial charge in [-0.05, 0) is 40.1 Å². The van der Waals surface area contributed by atoms with E-state index in [4.69, 9.17) is 0 Å². The zero-order valence-electron chi connectivity index (χ0n) is 10.2. The number of aromatic nitrogens is 2. The molecule has 0 saturated heterocycles. The lowest BCUT2D eigenvalue weighted by Crippen LogP contribution is -2.37. The zero-order valence-corrected chi connectivity index (χ0v) is 10.2. The summed E-state index contributed by atoms with van der Waals surface area (Å²) in [5.74, 6) is 0. The van der Waals surface area contributed by atoms with Crippen LogP contribution < -0.4 is 5.32 Å². The Bertz CT molecular complexity index is 280. The van der Waals surface area contributed by atoms with Crippen LogP contribution in [-0.2, 0) is 13.0 Å². The van der Waals surface area contributed by atoms with Crippen molar-refractivity contribution in [3.63, 3.8) is 0 Å². The third-order valence-electron chi connectivity index (χ3n) is 2.49. The first-order chi connectivity index (χ1) is 7.15. The Balaban J connectivity index is 2.50. The van der Waals surface area contributed by atoms with Crippen LogP contribution >= 0.6 is 0 Å². The van der Waals surface area contributed by atoms with Gasteiger partial charge in [0.1, 0.15) is 0 Å². The number of rotatable bonds is 6. The van der Waals surface area contributed by atoms with Gasteiger partial charge < -0.3 is 10.2 Å². The first-order valence-corrected chi connectivity index (χ1v) is 5.49. The molecule has 1 atom stereocenters. The Hall–Kier alpha value is -0.870. The fraction of sp³-hybridized carbons (Fsp3) is 0.727. The molecule has 4 heteroatoms. The Morgan fingerprint density at radius 2 is 2.27 bits per heavy atom. The highest BCUT2D eigenvalue weighted by Crippen LogP contribution is 2.03. The van der Waals surface area contributed by atoms with Crippen molar-refractivity contribution in [2.24, 2.45) is 0 Å². The number of nitrogens with zero attached hydrogens (tertiary/aromatic N) is 3. The SMILES string of the molecule is CCn1cc(CC(CN(C)C)NC)cn1. The second kappa shape index (κ2) is 5.88. The van der Waals surface area contributed by atoms with Crippen molar-refractivity contribution < 1.29 is 0 Å². The molecule has 0 fully saturated rings. The fourth-order valence-corrected chi connectivity index (χ4v) is 1.67. The quantitative estimate of drug-likeness (QED) is 0.746. The third kappa shape index (κ3) is 4.01. The van der Waals surface area contributed by atoms with Gasteiger partial charge in [-0.2, -0.15) is 5.10 Å². The monoisotopic (exact) mass is 210 g/mol. The van der Waals surface area contributed by atoms with Crippen LogP contribution in [0.5, 0.6) is 0 Å². The molecule has 15 heavy (non-hydrogen) atoms. The third-order valence-corrected chi connectivity index (χ3v) is 2.49. The van der Waals surface area contributed by atoms with Crippen LogP contribution in [-0.4, -0.2) is 48.4 Å². The molecule has 0 aliphatic heterocycles. The standard InChI is InChI=1S/C11H22N4/c1-5-15-8-10(7-13-15)6-11(12-2)9-14(3)4/h7-8,11-12H,5-6,9H2,1-4H3. The van der Waals surface area contributed by atoms with Crippen molar-refractivity contribution in [3.05, 3.63) is 18.0 Å². The van der Waals surface area contributed by atoms with Crippen LogP contribution in [0.25, 0.3) is 0 Å². The molecular weight excluding hydrogens is 188 g/mol. The van der Waals surface area contributed by atoms with E-state index in [1.807, 2.05) is 17.9 Å². The van der Waals surface area contributed by atoms with Crippen LogP contribution in [0.2, 0.25) is 0 Å². The van der Waals surface area contributed by atoms with E-state index >= 15 is 0 Å². The Labute approximate surface area is 92.3 Å². The van der Waals surface area contributed by atoms with E-state index in [2.05, 4.69) is 42.5 Å². The lowest BCUT2D eigenvalue weighted by Gasteiger charge is -2.19. The molecule has 0 saturated carbocycles. The predicted molar refractivity (Wildman–Crippen MR) is 63.0 cm³/mol. The van der Waals surface area contributed by atoms with Gasteiger partial charge in [0.05, 0.1) is 6.20 Å². The van der Waals surface area contributed by atoms with Crippen molar-refractivity contribution >= 4 is 0 Å². The van der Waals surface area contributed by atoms with Gasteiger partial charge in [-0.1, -0.05) is 0 Å². The van der Waals surface area contributed by atoms with E-state index in [1.54, 1.807) is 0 Å². The van der Waals surface area contributed by atoms with Crippen LogP contribution in [0.3, 0.4) is 0 Å². The van der Waals surface area contributed by atoms with E-state index in [-0.39, 0.29) is 0 Å². The molecule has 4 nitrogen and oxygen atoms in total. The van der Waals surface area contributed by atoms with Gasteiger partial charge in [0, 0.05) is 25.3 Å². The van der Waals surface area contributed by atoms with Crippen LogP contribution in [0.4, 0.5) is 0 Å². The van der Waals surface area contributed by atoms with Crippen LogP contribution in [0.15, 0.2) is 12.4 Å². The Morgan fingerprint density at radius 3 is 2.73 bits per heavy atom. The summed E-state index contributed by atoms with van der Waals surface area (Å²) in [5.41, 5.74) is 1.30. The molecular formula is C11H22N4. The van der Waals surface area contributed by atoms with Gasteiger partial charge in [-0.25, -0.2) is 0 Å². The molecule has 1 aromatic heterocycles. The summed E-state index contributed by atoms with van der Waals surface area (Å²) in [5, 5.41) is 7.61. The van der Waals surface area contributed by atoms with Gasteiger partial charge in [0.15, 0.2) is 0 Å². The summed E-state index contributed by atoms with van der Waals surface area (Å²) in [6.45, 7) is 4.10. The van der Waals surface area contributed by atoms with E-state index in [1.165, 1.54) is 5.56 Å². The topological polar surface area (TPSA) is 33.1 Å². The minimum Gasteiger partial charge on any atom is -0.315 e. The maximum Gasteiger partial charge on any atom is 0.0522 e. The number of hydrogen-bond donors (Lipinski definition) is 1. The van der Waals surface area contributed by atoms with E-state index in [9.17, 15) is 0 Å². The number of nitrogens with one attached hydrogen (secondary N) is 1. The molecule has 86 valence electrons. The normalized spacial score (nSPS) is 13.4. The molecule has 0 aromatic carbocycles. The second-order valence-corrected chi connectivity index (χ2v) is 4.16. The second-order valence-electron chi connectivity index (χ2n) is 4.16. The van der Waals surface area contributed by atoms with Crippen LogP contribution in [0.1, 0.15) is 12.5 Å². The summed E-state index contributed by atoms with van der Waals surface area (Å²) in [6, 6.07) is 0.495. The van der Waals surface area contributed by atoms with E-state index in [0.29, 0.717) is 6.04 Å². The summed E-state index contributed by atoms with van der Waals surface area (Å²) >= 11 is 0. The van der Waals surface area contributed by atoms with Gasteiger partial charge in [0.25, 0.3) is 0 Å². The maximum absolute atomic E-state index is 4.28. The minimum atomic E-state index is 0.495. The average Bonchev–Trinajstić information content (AvgIpc) is 2.64. The average molecular weight is 210 g/mol. The molecule has 1 aromatic rings. The summed E-state index contributed by atoms with van der Waals surface area (Å²) in [7, 11) is 6.21. The molecule has 0 spiro atoms. The largest absolute Gasteiger partial charge is 0.315 e. The van der Waals surface area contributed by atoms with Crippen molar-refractivity contribution in [1.82, 2.24) is 20.0 Å². The molecule has 0 aliphatic carbocycles. The lowest BCUT2D eigenvalue weighted by atomic mass is 10.1. The highest BCUT2D eigenvalue weighted by atomic mass is 15.3. The van der Waals surface area contributed by atoms with Crippen LogP contribution in [0, 0.1) is 0 Å². The number of likely N-dealkylation sites (N-methyl/N-ethyl adjacent to an activating group) is 2. The predicted octanol–water partition coefficient (Wildman–Crippen LogP) is 0.595. The first-order valence-electron chi connectivity index (χ1n) is 5.49. The highest BCUT2D eigenvalue weighted by molar-refractivity contribution is 5.06. The molecule has 1 rings (SSSR count). The van der Waals surface area contributed by atoms with Gasteiger partial charge in [0.2, 0.25) is 0 Å².